The predicted molar refractivity (Wildman–Crippen MR) is 107 cm³/mol. The van der Waals surface area contributed by atoms with Crippen molar-refractivity contribution in [3.63, 3.8) is 0 Å². The molecule has 1 aromatic carbocycles. The van der Waals surface area contributed by atoms with Crippen molar-refractivity contribution in [3.8, 4) is 0 Å². The lowest BCUT2D eigenvalue weighted by Gasteiger charge is -2.32. The van der Waals surface area contributed by atoms with Crippen LogP contribution in [0.4, 0.5) is 4.79 Å². The van der Waals surface area contributed by atoms with Gasteiger partial charge < -0.3 is 19.7 Å². The molecule has 0 saturated heterocycles. The van der Waals surface area contributed by atoms with Gasteiger partial charge in [0, 0.05) is 18.7 Å². The monoisotopic (exact) mass is 392 g/mol. The van der Waals surface area contributed by atoms with E-state index >= 15 is 0 Å². The van der Waals surface area contributed by atoms with E-state index in [9.17, 15) is 14.4 Å². The van der Waals surface area contributed by atoms with E-state index in [1.165, 1.54) is 0 Å². The molecule has 2 amide bonds. The Bertz CT molecular complexity index is 700. The van der Waals surface area contributed by atoms with Gasteiger partial charge in [-0.05, 0) is 62.8 Å². The van der Waals surface area contributed by atoms with Crippen molar-refractivity contribution in [2.75, 3.05) is 18.6 Å². The maximum Gasteiger partial charge on any atom is 0.410 e. The highest BCUT2D eigenvalue weighted by Crippen LogP contribution is 2.24. The summed E-state index contributed by atoms with van der Waals surface area (Å²) in [6, 6.07) is 5.02. The SMILES string of the molecule is CSCC[C@@H](C=O)NC(=O)c1cccc2c1CCN(C(=O)OC(C)(C)C)C2. The van der Waals surface area contributed by atoms with Crippen LogP contribution in [-0.2, 0) is 22.5 Å². The van der Waals surface area contributed by atoms with Gasteiger partial charge in [0.15, 0.2) is 0 Å². The van der Waals surface area contributed by atoms with E-state index in [4.69, 9.17) is 4.74 Å². The Morgan fingerprint density at radius 3 is 2.74 bits per heavy atom. The van der Waals surface area contributed by atoms with Gasteiger partial charge in [0.1, 0.15) is 11.9 Å². The van der Waals surface area contributed by atoms with Gasteiger partial charge >= 0.3 is 6.09 Å². The first-order valence-corrected chi connectivity index (χ1v) is 10.5. The summed E-state index contributed by atoms with van der Waals surface area (Å²) in [5, 5.41) is 2.81. The second-order valence-electron chi connectivity index (χ2n) is 7.59. The van der Waals surface area contributed by atoms with Crippen LogP contribution in [0.5, 0.6) is 0 Å². The van der Waals surface area contributed by atoms with E-state index < -0.39 is 11.6 Å². The molecule has 1 aromatic rings. The molecule has 1 N–H and O–H groups in total. The van der Waals surface area contributed by atoms with Gasteiger partial charge in [0.2, 0.25) is 0 Å². The summed E-state index contributed by atoms with van der Waals surface area (Å²) < 4.78 is 5.44. The molecule has 0 unspecified atom stereocenters. The lowest BCUT2D eigenvalue weighted by atomic mass is 9.94. The number of aldehydes is 1. The number of rotatable bonds is 6. The van der Waals surface area contributed by atoms with Gasteiger partial charge in [0.25, 0.3) is 5.91 Å². The van der Waals surface area contributed by atoms with Gasteiger partial charge in [-0.15, -0.1) is 0 Å². The number of fused-ring (bicyclic) bond motifs is 1. The third-order valence-corrected chi connectivity index (χ3v) is 4.92. The number of nitrogens with zero attached hydrogens (tertiary/aromatic N) is 1. The number of ether oxygens (including phenoxy) is 1. The quantitative estimate of drug-likeness (QED) is 0.753. The highest BCUT2D eigenvalue weighted by molar-refractivity contribution is 7.98. The first kappa shape index (κ1) is 21.3. The molecule has 0 spiro atoms. The van der Waals surface area contributed by atoms with Crippen LogP contribution in [0.25, 0.3) is 0 Å². The van der Waals surface area contributed by atoms with E-state index in [0.29, 0.717) is 31.5 Å². The van der Waals surface area contributed by atoms with Crippen LogP contribution in [-0.4, -0.2) is 53.4 Å². The summed E-state index contributed by atoms with van der Waals surface area (Å²) >= 11 is 1.64. The summed E-state index contributed by atoms with van der Waals surface area (Å²) in [5.74, 6) is 0.567. The highest BCUT2D eigenvalue weighted by Gasteiger charge is 2.28. The molecule has 0 saturated carbocycles. The Hall–Kier alpha value is -2.02. The molecule has 0 fully saturated rings. The Balaban J connectivity index is 2.11. The van der Waals surface area contributed by atoms with Crippen LogP contribution in [0.15, 0.2) is 18.2 Å². The highest BCUT2D eigenvalue weighted by atomic mass is 32.2. The van der Waals surface area contributed by atoms with Crippen LogP contribution < -0.4 is 5.32 Å². The third kappa shape index (κ3) is 5.99. The largest absolute Gasteiger partial charge is 0.444 e. The zero-order chi connectivity index (χ0) is 20.0. The molecule has 0 bridgehead atoms. The van der Waals surface area contributed by atoms with Crippen LogP contribution in [0.3, 0.4) is 0 Å². The van der Waals surface area contributed by atoms with Crippen LogP contribution in [0.1, 0.15) is 48.7 Å². The lowest BCUT2D eigenvalue weighted by Crippen LogP contribution is -2.41. The molecule has 27 heavy (non-hydrogen) atoms. The Kier molecular flexibility index (Phi) is 7.30. The fraction of sp³-hybridized carbons (Fsp3) is 0.550. The molecule has 7 heteroatoms. The molecule has 1 aliphatic heterocycles. The number of thioether (sulfide) groups is 1. The summed E-state index contributed by atoms with van der Waals surface area (Å²) in [4.78, 5) is 37.9. The summed E-state index contributed by atoms with van der Waals surface area (Å²) in [6.07, 6.45) is 3.59. The van der Waals surface area contributed by atoms with Crippen molar-refractivity contribution < 1.29 is 19.1 Å². The number of benzene rings is 1. The summed E-state index contributed by atoms with van der Waals surface area (Å²) in [7, 11) is 0. The smallest absolute Gasteiger partial charge is 0.410 e. The van der Waals surface area contributed by atoms with Crippen molar-refractivity contribution >= 4 is 30.0 Å². The molecular weight excluding hydrogens is 364 g/mol. The molecule has 2 rings (SSSR count). The maximum absolute atomic E-state index is 12.7. The van der Waals surface area contributed by atoms with Gasteiger partial charge in [-0.3, -0.25) is 4.79 Å². The maximum atomic E-state index is 12.7. The first-order chi connectivity index (χ1) is 12.7. The van der Waals surface area contributed by atoms with E-state index in [-0.39, 0.29) is 12.0 Å². The zero-order valence-corrected chi connectivity index (χ0v) is 17.2. The van der Waals surface area contributed by atoms with Gasteiger partial charge in [-0.25, -0.2) is 4.79 Å². The fourth-order valence-electron chi connectivity index (χ4n) is 2.97. The molecule has 6 nitrogen and oxygen atoms in total. The number of carbonyl (C=O) groups excluding carboxylic acids is 3. The van der Waals surface area contributed by atoms with Crippen LogP contribution in [0.2, 0.25) is 0 Å². The minimum Gasteiger partial charge on any atom is -0.444 e. The Labute approximate surface area is 165 Å². The van der Waals surface area contributed by atoms with Crippen LogP contribution in [0, 0.1) is 0 Å². The molecule has 0 aliphatic carbocycles. The van der Waals surface area contributed by atoms with Crippen molar-refractivity contribution in [3.05, 3.63) is 34.9 Å². The van der Waals surface area contributed by atoms with Crippen molar-refractivity contribution in [2.24, 2.45) is 0 Å². The van der Waals surface area contributed by atoms with E-state index in [1.807, 2.05) is 39.2 Å². The molecule has 0 radical (unpaired) electrons. The second kappa shape index (κ2) is 9.26. The number of hydrogen-bond acceptors (Lipinski definition) is 5. The topological polar surface area (TPSA) is 75.7 Å². The van der Waals surface area contributed by atoms with Gasteiger partial charge in [-0.2, -0.15) is 11.8 Å². The van der Waals surface area contributed by atoms with Gasteiger partial charge in [-0.1, -0.05) is 12.1 Å². The number of carbonyl (C=O) groups is 3. The molecule has 148 valence electrons. The summed E-state index contributed by atoms with van der Waals surface area (Å²) in [6.45, 7) is 6.42. The second-order valence-corrected chi connectivity index (χ2v) is 8.58. The first-order valence-electron chi connectivity index (χ1n) is 9.09. The van der Waals surface area contributed by atoms with E-state index in [1.54, 1.807) is 22.7 Å². The van der Waals surface area contributed by atoms with Gasteiger partial charge in [0.05, 0.1) is 6.04 Å². The van der Waals surface area contributed by atoms with E-state index in [2.05, 4.69) is 5.32 Å². The molecular formula is C20H28N2O4S. The Morgan fingerprint density at radius 2 is 2.11 bits per heavy atom. The van der Waals surface area contributed by atoms with E-state index in [0.717, 1.165) is 23.2 Å². The molecule has 1 atom stereocenters. The average Bonchev–Trinajstić information content (AvgIpc) is 2.62. The molecule has 0 aromatic heterocycles. The standard InChI is InChI=1S/C20H28N2O4S/c1-20(2,3)26-19(25)22-10-8-16-14(12-22)6-5-7-17(16)18(24)21-15(13-23)9-11-27-4/h5-7,13,15H,8-12H2,1-4H3,(H,21,24)/t15-/m0/s1. The fourth-order valence-corrected chi connectivity index (χ4v) is 3.46. The van der Waals surface area contributed by atoms with Crippen molar-refractivity contribution in [1.82, 2.24) is 10.2 Å². The Morgan fingerprint density at radius 1 is 1.37 bits per heavy atom. The van der Waals surface area contributed by atoms with Crippen molar-refractivity contribution in [2.45, 2.75) is 51.8 Å². The molecule has 1 aliphatic rings. The number of hydrogen-bond donors (Lipinski definition) is 1. The number of amides is 2. The molecule has 1 heterocycles. The predicted octanol–water partition coefficient (Wildman–Crippen LogP) is 3.03. The minimum atomic E-state index is -0.542. The normalized spacial score (nSPS) is 14.9. The number of nitrogens with one attached hydrogen (secondary N) is 1. The zero-order valence-electron chi connectivity index (χ0n) is 16.4. The lowest BCUT2D eigenvalue weighted by molar-refractivity contribution is -0.109. The van der Waals surface area contributed by atoms with Crippen molar-refractivity contribution in [1.29, 1.82) is 0 Å². The summed E-state index contributed by atoms with van der Waals surface area (Å²) in [5.41, 5.74) is 1.91. The minimum absolute atomic E-state index is 0.240. The average molecular weight is 393 g/mol. The van der Waals surface area contributed by atoms with Crippen LogP contribution >= 0.6 is 11.8 Å². The third-order valence-electron chi connectivity index (χ3n) is 4.28.